The van der Waals surface area contributed by atoms with E-state index in [-0.39, 0.29) is 5.91 Å². The van der Waals surface area contributed by atoms with Gasteiger partial charge in [-0.1, -0.05) is 35.6 Å². The van der Waals surface area contributed by atoms with E-state index in [1.807, 2.05) is 49.4 Å². The van der Waals surface area contributed by atoms with Gasteiger partial charge in [-0.25, -0.2) is 4.98 Å². The summed E-state index contributed by atoms with van der Waals surface area (Å²) in [5.41, 5.74) is 2.50. The van der Waals surface area contributed by atoms with Crippen LogP contribution in [0, 0.1) is 6.92 Å². The van der Waals surface area contributed by atoms with Crippen molar-refractivity contribution in [3.63, 3.8) is 0 Å². The van der Waals surface area contributed by atoms with Crippen LogP contribution in [0.25, 0.3) is 10.2 Å². The highest BCUT2D eigenvalue weighted by molar-refractivity contribution is 9.10. The third-order valence-corrected chi connectivity index (χ3v) is 4.56. The zero-order valence-corrected chi connectivity index (χ0v) is 13.1. The van der Waals surface area contributed by atoms with Crippen molar-refractivity contribution in [1.82, 2.24) is 4.98 Å². The minimum Gasteiger partial charge on any atom is -0.298 e. The number of hydrogen-bond acceptors (Lipinski definition) is 3. The van der Waals surface area contributed by atoms with E-state index in [4.69, 9.17) is 0 Å². The molecule has 0 aliphatic heterocycles. The van der Waals surface area contributed by atoms with Gasteiger partial charge in [-0.05, 0) is 46.6 Å². The van der Waals surface area contributed by atoms with Gasteiger partial charge in [0.05, 0.1) is 10.2 Å². The van der Waals surface area contributed by atoms with Gasteiger partial charge in [0.2, 0.25) is 0 Å². The molecule has 0 atom stereocenters. The normalized spacial score (nSPS) is 10.7. The molecule has 3 rings (SSSR count). The Balaban J connectivity index is 1.92. The molecule has 0 saturated heterocycles. The van der Waals surface area contributed by atoms with Crippen LogP contribution in [0.2, 0.25) is 0 Å². The summed E-state index contributed by atoms with van der Waals surface area (Å²) < 4.78 is 1.97. The van der Waals surface area contributed by atoms with Crippen LogP contribution in [0.15, 0.2) is 46.9 Å². The Bertz CT molecular complexity index is 797. The highest BCUT2D eigenvalue weighted by atomic mass is 79.9. The summed E-state index contributed by atoms with van der Waals surface area (Å²) in [5.74, 6) is -0.127. The topological polar surface area (TPSA) is 42.0 Å². The summed E-state index contributed by atoms with van der Waals surface area (Å²) >= 11 is 4.93. The summed E-state index contributed by atoms with van der Waals surface area (Å²) in [7, 11) is 0. The largest absolute Gasteiger partial charge is 0.298 e. The second-order valence-corrected chi connectivity index (χ2v) is 6.26. The zero-order chi connectivity index (χ0) is 14.1. The molecule has 1 aromatic heterocycles. The number of fused-ring (bicyclic) bond motifs is 1. The highest BCUT2D eigenvalue weighted by Crippen LogP contribution is 2.31. The highest BCUT2D eigenvalue weighted by Gasteiger charge is 2.12. The molecule has 0 saturated carbocycles. The SMILES string of the molecule is Cc1ccccc1C(=O)Nc1nc2c(Br)cccc2s1. The van der Waals surface area contributed by atoms with Crippen LogP contribution < -0.4 is 5.32 Å². The van der Waals surface area contributed by atoms with Gasteiger partial charge < -0.3 is 0 Å². The lowest BCUT2D eigenvalue weighted by Crippen LogP contribution is -2.12. The Morgan fingerprint density at radius 3 is 2.75 bits per heavy atom. The first-order chi connectivity index (χ1) is 9.65. The Labute approximate surface area is 128 Å². The molecule has 0 aliphatic rings. The number of carbonyl (C=O) groups excluding carboxylic acids is 1. The van der Waals surface area contributed by atoms with Gasteiger partial charge in [0.15, 0.2) is 5.13 Å². The summed E-state index contributed by atoms with van der Waals surface area (Å²) in [6, 6.07) is 13.4. The standard InChI is InChI=1S/C15H11BrN2OS/c1-9-5-2-3-6-10(9)14(19)18-15-17-13-11(16)7-4-8-12(13)20-15/h2-8H,1H3,(H,17,18,19). The van der Waals surface area contributed by atoms with Crippen molar-refractivity contribution in [2.75, 3.05) is 5.32 Å². The predicted molar refractivity (Wildman–Crippen MR) is 86.5 cm³/mol. The fourth-order valence-electron chi connectivity index (χ4n) is 1.96. The summed E-state index contributed by atoms with van der Waals surface area (Å²) in [5, 5.41) is 3.47. The van der Waals surface area contributed by atoms with Gasteiger partial charge in [-0.2, -0.15) is 0 Å². The van der Waals surface area contributed by atoms with E-state index in [1.54, 1.807) is 0 Å². The van der Waals surface area contributed by atoms with Crippen LogP contribution >= 0.6 is 27.3 Å². The van der Waals surface area contributed by atoms with E-state index in [2.05, 4.69) is 26.2 Å². The fourth-order valence-corrected chi connectivity index (χ4v) is 3.43. The number of nitrogens with zero attached hydrogens (tertiary/aromatic N) is 1. The van der Waals surface area contributed by atoms with E-state index in [0.29, 0.717) is 10.7 Å². The van der Waals surface area contributed by atoms with Gasteiger partial charge in [-0.15, -0.1) is 0 Å². The van der Waals surface area contributed by atoms with E-state index in [1.165, 1.54) is 11.3 Å². The number of nitrogens with one attached hydrogen (secondary N) is 1. The predicted octanol–water partition coefficient (Wildman–Crippen LogP) is 4.62. The molecule has 20 heavy (non-hydrogen) atoms. The Morgan fingerprint density at radius 1 is 1.20 bits per heavy atom. The first kappa shape index (κ1) is 13.3. The van der Waals surface area contributed by atoms with Crippen molar-refractivity contribution in [3.05, 3.63) is 58.1 Å². The first-order valence-corrected chi connectivity index (χ1v) is 7.68. The van der Waals surface area contributed by atoms with Crippen LogP contribution in [-0.2, 0) is 0 Å². The summed E-state index contributed by atoms with van der Waals surface area (Å²) in [6.45, 7) is 1.92. The van der Waals surface area contributed by atoms with Crippen LogP contribution in [0.3, 0.4) is 0 Å². The number of anilines is 1. The molecule has 5 heteroatoms. The number of halogens is 1. The van der Waals surface area contributed by atoms with Gasteiger partial charge in [0, 0.05) is 10.0 Å². The van der Waals surface area contributed by atoms with Crippen molar-refractivity contribution in [1.29, 1.82) is 0 Å². The van der Waals surface area contributed by atoms with Crippen molar-refractivity contribution >= 4 is 48.5 Å². The number of aromatic nitrogens is 1. The molecule has 2 aromatic carbocycles. The number of amides is 1. The number of rotatable bonds is 2. The van der Waals surface area contributed by atoms with Gasteiger partial charge in [0.25, 0.3) is 5.91 Å². The molecule has 3 nitrogen and oxygen atoms in total. The third-order valence-electron chi connectivity index (χ3n) is 2.98. The molecule has 0 radical (unpaired) electrons. The molecule has 0 spiro atoms. The van der Waals surface area contributed by atoms with Crippen LogP contribution in [-0.4, -0.2) is 10.9 Å². The average molecular weight is 347 g/mol. The minimum absolute atomic E-state index is 0.127. The van der Waals surface area contributed by atoms with Crippen LogP contribution in [0.4, 0.5) is 5.13 Å². The molecule has 0 bridgehead atoms. The number of carbonyl (C=O) groups is 1. The van der Waals surface area contributed by atoms with E-state index >= 15 is 0 Å². The number of benzene rings is 2. The third kappa shape index (κ3) is 2.46. The van der Waals surface area contributed by atoms with Crippen molar-refractivity contribution < 1.29 is 4.79 Å². The summed E-state index contributed by atoms with van der Waals surface area (Å²) in [4.78, 5) is 16.7. The maximum Gasteiger partial charge on any atom is 0.257 e. The van der Waals surface area contributed by atoms with Crippen LogP contribution in [0.1, 0.15) is 15.9 Å². The average Bonchev–Trinajstić information content (AvgIpc) is 2.83. The number of para-hydroxylation sites is 1. The van der Waals surface area contributed by atoms with Crippen LogP contribution in [0.5, 0.6) is 0 Å². The zero-order valence-electron chi connectivity index (χ0n) is 10.7. The lowest BCUT2D eigenvalue weighted by Gasteiger charge is -2.04. The smallest absolute Gasteiger partial charge is 0.257 e. The van der Waals surface area contributed by atoms with E-state index in [9.17, 15) is 4.79 Å². The number of aryl methyl sites for hydroxylation is 1. The van der Waals surface area contributed by atoms with Crippen molar-refractivity contribution in [3.8, 4) is 0 Å². The number of thiazole rings is 1. The fraction of sp³-hybridized carbons (Fsp3) is 0.0667. The van der Waals surface area contributed by atoms with Crippen molar-refractivity contribution in [2.24, 2.45) is 0 Å². The monoisotopic (exact) mass is 346 g/mol. The quantitative estimate of drug-likeness (QED) is 0.735. The Kier molecular flexibility index (Phi) is 3.54. The molecular formula is C15H11BrN2OS. The lowest BCUT2D eigenvalue weighted by molar-refractivity contribution is 0.102. The molecule has 0 unspecified atom stereocenters. The lowest BCUT2D eigenvalue weighted by atomic mass is 10.1. The maximum atomic E-state index is 12.2. The minimum atomic E-state index is -0.127. The van der Waals surface area contributed by atoms with E-state index < -0.39 is 0 Å². The molecule has 1 amide bonds. The molecule has 1 heterocycles. The number of hydrogen-bond donors (Lipinski definition) is 1. The summed E-state index contributed by atoms with van der Waals surface area (Å²) in [6.07, 6.45) is 0. The molecule has 1 N–H and O–H groups in total. The molecule has 100 valence electrons. The van der Waals surface area contributed by atoms with Gasteiger partial charge >= 0.3 is 0 Å². The second-order valence-electron chi connectivity index (χ2n) is 4.37. The molecule has 0 aliphatic carbocycles. The molecule has 0 fully saturated rings. The van der Waals surface area contributed by atoms with Gasteiger partial charge in [0.1, 0.15) is 0 Å². The van der Waals surface area contributed by atoms with Crippen molar-refractivity contribution in [2.45, 2.75) is 6.92 Å². The molecule has 3 aromatic rings. The Morgan fingerprint density at radius 2 is 2.00 bits per heavy atom. The maximum absolute atomic E-state index is 12.2. The van der Waals surface area contributed by atoms with Gasteiger partial charge in [-0.3, -0.25) is 10.1 Å². The Hall–Kier alpha value is -1.72. The first-order valence-electron chi connectivity index (χ1n) is 6.07. The van der Waals surface area contributed by atoms with E-state index in [0.717, 1.165) is 20.3 Å². The second kappa shape index (κ2) is 5.34. The molecular weight excluding hydrogens is 336 g/mol.